The molecule has 1 heterocycles. The highest BCUT2D eigenvalue weighted by atomic mass is 35.5. The predicted molar refractivity (Wildman–Crippen MR) is 109 cm³/mol. The number of amides is 1. The third-order valence-electron chi connectivity index (χ3n) is 4.16. The molecule has 0 unspecified atom stereocenters. The Bertz CT molecular complexity index is 990. The number of nitrogens with zero attached hydrogens (tertiary/aromatic N) is 2. The van der Waals surface area contributed by atoms with E-state index in [-0.39, 0.29) is 17.4 Å². The van der Waals surface area contributed by atoms with Crippen molar-refractivity contribution in [1.82, 2.24) is 4.90 Å². The highest BCUT2D eigenvalue weighted by Gasteiger charge is 2.20. The van der Waals surface area contributed by atoms with Gasteiger partial charge in [0.2, 0.25) is 0 Å². The number of carbonyl (C=O) groups excluding carboxylic acids is 1. The van der Waals surface area contributed by atoms with Crippen LogP contribution in [0, 0.1) is 0 Å². The summed E-state index contributed by atoms with van der Waals surface area (Å²) in [5.41, 5.74) is 0.462. The summed E-state index contributed by atoms with van der Waals surface area (Å²) in [7, 11) is -1.95. The van der Waals surface area contributed by atoms with Crippen molar-refractivity contribution in [2.24, 2.45) is 4.40 Å². The molecule has 1 aliphatic heterocycles. The molecule has 1 N–H and O–H groups in total. The fraction of sp³-hybridized carbons (Fsp3) is 0.263. The Morgan fingerprint density at radius 3 is 2.64 bits per heavy atom. The summed E-state index contributed by atoms with van der Waals surface area (Å²) in [6, 6.07) is 12.6. The molecule has 0 spiro atoms. The van der Waals surface area contributed by atoms with Crippen LogP contribution in [0.4, 0.5) is 5.69 Å². The number of anilines is 1. The largest absolute Gasteiger partial charge is 0.484 e. The quantitative estimate of drug-likeness (QED) is 0.773. The van der Waals surface area contributed by atoms with Crippen LogP contribution in [0.3, 0.4) is 0 Å². The monoisotopic (exact) mass is 421 g/mol. The molecule has 1 fully saturated rings. The number of rotatable bonds is 6. The van der Waals surface area contributed by atoms with Gasteiger partial charge in [0, 0.05) is 30.7 Å². The number of hydrogen-bond donors (Lipinski definition) is 1. The zero-order chi connectivity index (χ0) is 20.1. The van der Waals surface area contributed by atoms with Crippen molar-refractivity contribution in [3.63, 3.8) is 0 Å². The molecule has 9 heteroatoms. The minimum Gasteiger partial charge on any atom is -0.484 e. The van der Waals surface area contributed by atoms with E-state index in [1.807, 2.05) is 11.9 Å². The van der Waals surface area contributed by atoms with E-state index in [0.717, 1.165) is 13.0 Å². The Morgan fingerprint density at radius 1 is 1.25 bits per heavy atom. The van der Waals surface area contributed by atoms with Crippen molar-refractivity contribution < 1.29 is 17.9 Å². The van der Waals surface area contributed by atoms with Gasteiger partial charge in [-0.05, 0) is 48.9 Å². The summed E-state index contributed by atoms with van der Waals surface area (Å²) in [4.78, 5) is 13.9. The maximum Gasteiger partial charge on any atom is 0.283 e. The number of halogens is 1. The lowest BCUT2D eigenvalue weighted by molar-refractivity contribution is -0.118. The Kier molecular flexibility index (Phi) is 6.21. The van der Waals surface area contributed by atoms with Crippen molar-refractivity contribution in [1.29, 1.82) is 0 Å². The molecule has 1 amide bonds. The lowest BCUT2D eigenvalue weighted by Crippen LogP contribution is -2.20. The van der Waals surface area contributed by atoms with Crippen LogP contribution in [-0.4, -0.2) is 45.3 Å². The molecule has 2 aromatic carbocycles. The minimum absolute atomic E-state index is 0.0773. The van der Waals surface area contributed by atoms with Crippen LogP contribution in [0.1, 0.15) is 12.8 Å². The lowest BCUT2D eigenvalue weighted by atomic mass is 10.3. The Morgan fingerprint density at radius 2 is 2.00 bits per heavy atom. The molecule has 0 radical (unpaired) electrons. The van der Waals surface area contributed by atoms with Gasteiger partial charge in [-0.15, -0.1) is 4.40 Å². The van der Waals surface area contributed by atoms with Crippen LogP contribution in [0.25, 0.3) is 0 Å². The van der Waals surface area contributed by atoms with Crippen LogP contribution in [0.2, 0.25) is 5.02 Å². The molecule has 0 aliphatic carbocycles. The summed E-state index contributed by atoms with van der Waals surface area (Å²) in [5, 5.41) is 3.17. The van der Waals surface area contributed by atoms with Gasteiger partial charge in [0.15, 0.2) is 6.61 Å². The molecule has 0 bridgehead atoms. The van der Waals surface area contributed by atoms with E-state index in [1.165, 1.54) is 24.3 Å². The molecule has 0 aromatic heterocycles. The highest BCUT2D eigenvalue weighted by Crippen LogP contribution is 2.20. The summed E-state index contributed by atoms with van der Waals surface area (Å²) in [6.07, 6.45) is 1.55. The maximum atomic E-state index is 12.4. The van der Waals surface area contributed by atoms with Crippen molar-refractivity contribution in [2.45, 2.75) is 17.7 Å². The first-order valence-corrected chi connectivity index (χ1v) is 10.5. The minimum atomic E-state index is -3.78. The SMILES string of the molecule is CN1CCC/C1=N\S(=O)(=O)c1ccc(NC(=O)COc2cccc(Cl)c2)cc1. The number of sulfonamides is 1. The first kappa shape index (κ1) is 20.2. The van der Waals surface area contributed by atoms with E-state index in [1.54, 1.807) is 24.3 Å². The maximum absolute atomic E-state index is 12.4. The lowest BCUT2D eigenvalue weighted by Gasteiger charge is -2.11. The second-order valence-corrected chi connectivity index (χ2v) is 8.37. The van der Waals surface area contributed by atoms with E-state index in [2.05, 4.69) is 9.71 Å². The molecule has 7 nitrogen and oxygen atoms in total. The van der Waals surface area contributed by atoms with Crippen molar-refractivity contribution in [3.05, 3.63) is 53.6 Å². The summed E-state index contributed by atoms with van der Waals surface area (Å²) in [5.74, 6) is 0.680. The fourth-order valence-electron chi connectivity index (χ4n) is 2.71. The molecule has 0 atom stereocenters. The number of nitrogens with one attached hydrogen (secondary N) is 1. The molecular weight excluding hydrogens is 402 g/mol. The first-order valence-electron chi connectivity index (χ1n) is 8.67. The average molecular weight is 422 g/mol. The van der Waals surface area contributed by atoms with E-state index in [9.17, 15) is 13.2 Å². The molecule has 148 valence electrons. The summed E-state index contributed by atoms with van der Waals surface area (Å²) < 4.78 is 34.1. The fourth-order valence-corrected chi connectivity index (χ4v) is 3.99. The van der Waals surface area contributed by atoms with Gasteiger partial charge >= 0.3 is 0 Å². The number of hydrogen-bond acceptors (Lipinski definition) is 4. The van der Waals surface area contributed by atoms with Gasteiger partial charge in [-0.25, -0.2) is 0 Å². The van der Waals surface area contributed by atoms with Crippen LogP contribution in [0.15, 0.2) is 57.8 Å². The molecule has 28 heavy (non-hydrogen) atoms. The number of benzene rings is 2. The Labute approximate surface area is 169 Å². The van der Waals surface area contributed by atoms with Gasteiger partial charge in [-0.3, -0.25) is 4.79 Å². The standard InChI is InChI=1S/C19H20ClN3O4S/c1-23-11-3-6-18(23)22-28(25,26)17-9-7-15(8-10-17)21-19(24)13-27-16-5-2-4-14(20)12-16/h2,4-5,7-10,12H,3,6,11,13H2,1H3,(H,21,24)/b22-18+. The van der Waals surface area contributed by atoms with Crippen LogP contribution >= 0.6 is 11.6 Å². The van der Waals surface area contributed by atoms with Gasteiger partial charge in [0.1, 0.15) is 11.6 Å². The topological polar surface area (TPSA) is 88.1 Å². The molecule has 0 saturated carbocycles. The van der Waals surface area contributed by atoms with Crippen LogP contribution in [-0.2, 0) is 14.8 Å². The molecule has 2 aromatic rings. The third-order valence-corrected chi connectivity index (χ3v) is 5.72. The molecule has 3 rings (SSSR count). The highest BCUT2D eigenvalue weighted by molar-refractivity contribution is 7.90. The van der Waals surface area contributed by atoms with E-state index in [4.69, 9.17) is 16.3 Å². The van der Waals surface area contributed by atoms with E-state index < -0.39 is 10.0 Å². The van der Waals surface area contributed by atoms with Gasteiger partial charge in [-0.1, -0.05) is 17.7 Å². The summed E-state index contributed by atoms with van der Waals surface area (Å²) in [6.45, 7) is 0.608. The second kappa shape index (κ2) is 8.62. The number of amidine groups is 1. The normalized spacial score (nSPS) is 15.6. The predicted octanol–water partition coefficient (Wildman–Crippen LogP) is 3.17. The number of ether oxygens (including phenoxy) is 1. The van der Waals surface area contributed by atoms with E-state index in [0.29, 0.717) is 28.7 Å². The van der Waals surface area contributed by atoms with Gasteiger partial charge in [0.25, 0.3) is 15.9 Å². The third kappa shape index (κ3) is 5.24. The Balaban J connectivity index is 1.60. The van der Waals surface area contributed by atoms with Gasteiger partial charge in [0.05, 0.1) is 4.90 Å². The van der Waals surface area contributed by atoms with Crippen LogP contribution in [0.5, 0.6) is 5.75 Å². The summed E-state index contributed by atoms with van der Waals surface area (Å²) >= 11 is 5.86. The zero-order valence-corrected chi connectivity index (χ0v) is 16.8. The van der Waals surface area contributed by atoms with Crippen molar-refractivity contribution in [2.75, 3.05) is 25.5 Å². The molecule has 1 saturated heterocycles. The molecular formula is C19H20ClN3O4S. The van der Waals surface area contributed by atoms with Crippen LogP contribution < -0.4 is 10.1 Å². The van der Waals surface area contributed by atoms with Gasteiger partial charge in [-0.2, -0.15) is 8.42 Å². The van der Waals surface area contributed by atoms with Crippen molar-refractivity contribution in [3.8, 4) is 5.75 Å². The Hall–Kier alpha value is -2.58. The van der Waals surface area contributed by atoms with Crippen molar-refractivity contribution >= 4 is 39.1 Å². The molecule has 1 aliphatic rings. The first-order chi connectivity index (χ1) is 13.3. The number of carbonyl (C=O) groups is 1. The number of likely N-dealkylation sites (tertiary alicyclic amines) is 1. The van der Waals surface area contributed by atoms with E-state index >= 15 is 0 Å². The smallest absolute Gasteiger partial charge is 0.283 e. The second-order valence-electron chi connectivity index (χ2n) is 6.33. The average Bonchev–Trinajstić information content (AvgIpc) is 3.04. The van der Waals surface area contributed by atoms with Gasteiger partial charge < -0.3 is 15.0 Å². The zero-order valence-electron chi connectivity index (χ0n) is 15.3.